The maximum atomic E-state index is 11.3. The van der Waals surface area contributed by atoms with Gasteiger partial charge in [0.25, 0.3) is 0 Å². The number of carbonyl (C=O) groups is 1. The van der Waals surface area contributed by atoms with Crippen molar-refractivity contribution in [3.05, 3.63) is 0 Å². The second kappa shape index (κ2) is 9.56. The molecule has 1 rings (SSSR count). The van der Waals surface area contributed by atoms with Crippen LogP contribution in [0.25, 0.3) is 0 Å². The number of carbonyl (C=O) groups excluding carboxylic acids is 1. The molecule has 18 heavy (non-hydrogen) atoms. The lowest BCUT2D eigenvalue weighted by Gasteiger charge is -2.23. The van der Waals surface area contributed by atoms with E-state index in [4.69, 9.17) is 9.47 Å². The third-order valence-electron chi connectivity index (χ3n) is 1.91. The van der Waals surface area contributed by atoms with Gasteiger partial charge in [0.15, 0.2) is 0 Å². The molecule has 0 aromatic heterocycles. The van der Waals surface area contributed by atoms with Crippen molar-refractivity contribution in [1.82, 2.24) is 5.32 Å². The van der Waals surface area contributed by atoms with E-state index in [9.17, 15) is 4.79 Å². The molecule has 1 aliphatic rings. The number of hydrogen-bond acceptors (Lipinski definition) is 5. The fourth-order valence-electron chi connectivity index (χ4n) is 1.05. The summed E-state index contributed by atoms with van der Waals surface area (Å²) in [4.78, 5) is 11.3. The maximum absolute atomic E-state index is 11.3. The van der Waals surface area contributed by atoms with Gasteiger partial charge in [0.2, 0.25) is 5.91 Å². The Hall–Kier alpha value is -0.350. The molecule has 1 heterocycles. The van der Waals surface area contributed by atoms with Crippen molar-refractivity contribution in [3.8, 4) is 11.8 Å². The molecule has 0 aromatic rings. The van der Waals surface area contributed by atoms with E-state index < -0.39 is 0 Å². The van der Waals surface area contributed by atoms with E-state index in [1.165, 1.54) is 0 Å². The van der Waals surface area contributed by atoms with E-state index in [0.29, 0.717) is 31.1 Å². The maximum Gasteiger partial charge on any atom is 0.246 e. The highest BCUT2D eigenvalue weighted by Crippen LogP contribution is 2.40. The van der Waals surface area contributed by atoms with Crippen LogP contribution in [-0.4, -0.2) is 43.5 Å². The van der Waals surface area contributed by atoms with Crippen LogP contribution in [0.2, 0.25) is 0 Å². The van der Waals surface area contributed by atoms with E-state index >= 15 is 0 Å². The van der Waals surface area contributed by atoms with Crippen molar-refractivity contribution in [2.24, 2.45) is 5.92 Å². The zero-order valence-electron chi connectivity index (χ0n) is 10.7. The van der Waals surface area contributed by atoms with Gasteiger partial charge in [-0.1, -0.05) is 47.3 Å². The Morgan fingerprint density at radius 1 is 1.50 bits per heavy atom. The second-order valence-electron chi connectivity index (χ2n) is 3.99. The van der Waals surface area contributed by atoms with E-state index in [1.54, 1.807) is 21.6 Å². The Labute approximate surface area is 116 Å². The monoisotopic (exact) mass is 289 g/mol. The smallest absolute Gasteiger partial charge is 0.246 e. The standard InChI is InChI=1S/C12H19NO3S2/c1-10(2)4-3-5-13-11(14)8-15-6-7-16-12-9-17-18-12/h10,12H,5-9H2,1-2H3,(H,13,14). The molecule has 1 aliphatic heterocycles. The molecule has 102 valence electrons. The number of hydrogen-bond donors (Lipinski definition) is 1. The van der Waals surface area contributed by atoms with Crippen molar-refractivity contribution in [2.45, 2.75) is 19.3 Å². The molecule has 0 saturated carbocycles. The highest BCUT2D eigenvalue weighted by Gasteiger charge is 2.19. The Kier molecular flexibility index (Phi) is 8.34. The van der Waals surface area contributed by atoms with Crippen LogP contribution >= 0.6 is 21.6 Å². The van der Waals surface area contributed by atoms with Gasteiger partial charge in [-0.15, -0.1) is 0 Å². The fraction of sp³-hybridized carbons (Fsp3) is 0.750. The molecule has 1 N–H and O–H groups in total. The van der Waals surface area contributed by atoms with Crippen molar-refractivity contribution < 1.29 is 14.3 Å². The highest BCUT2D eigenvalue weighted by atomic mass is 33.1. The van der Waals surface area contributed by atoms with Crippen molar-refractivity contribution in [3.63, 3.8) is 0 Å². The van der Waals surface area contributed by atoms with Crippen LogP contribution in [0.3, 0.4) is 0 Å². The van der Waals surface area contributed by atoms with Crippen LogP contribution in [0.5, 0.6) is 0 Å². The van der Waals surface area contributed by atoms with E-state index in [2.05, 4.69) is 17.2 Å². The molecular weight excluding hydrogens is 270 g/mol. The highest BCUT2D eigenvalue weighted by molar-refractivity contribution is 8.79. The third kappa shape index (κ3) is 7.88. The predicted molar refractivity (Wildman–Crippen MR) is 76.2 cm³/mol. The average molecular weight is 289 g/mol. The second-order valence-corrected chi connectivity index (χ2v) is 6.56. The van der Waals surface area contributed by atoms with E-state index in [-0.39, 0.29) is 12.5 Å². The van der Waals surface area contributed by atoms with Crippen LogP contribution < -0.4 is 5.32 Å². The Balaban J connectivity index is 1.88. The first-order chi connectivity index (χ1) is 8.68. The zero-order valence-corrected chi connectivity index (χ0v) is 12.4. The zero-order chi connectivity index (χ0) is 13.2. The van der Waals surface area contributed by atoms with Gasteiger partial charge in [-0.3, -0.25) is 4.79 Å². The van der Waals surface area contributed by atoms with Gasteiger partial charge < -0.3 is 14.8 Å². The number of amides is 1. The molecule has 0 bridgehead atoms. The number of nitrogens with one attached hydrogen (secondary N) is 1. The normalized spacial score (nSPS) is 17.8. The Bertz CT molecular complexity index is 308. The molecule has 4 nitrogen and oxygen atoms in total. The molecule has 1 unspecified atom stereocenters. The van der Waals surface area contributed by atoms with Crippen LogP contribution in [0, 0.1) is 17.8 Å². The number of rotatable bonds is 7. The average Bonchev–Trinajstić information content (AvgIpc) is 2.26. The van der Waals surface area contributed by atoms with Crippen LogP contribution in [0.15, 0.2) is 0 Å². The lowest BCUT2D eigenvalue weighted by atomic mass is 10.2. The van der Waals surface area contributed by atoms with Gasteiger partial charge in [-0.25, -0.2) is 0 Å². The lowest BCUT2D eigenvalue weighted by Crippen LogP contribution is -2.29. The van der Waals surface area contributed by atoms with Gasteiger partial charge in [0.1, 0.15) is 12.0 Å². The Morgan fingerprint density at radius 3 is 2.89 bits per heavy atom. The summed E-state index contributed by atoms with van der Waals surface area (Å²) >= 11 is 0. The number of ether oxygens (including phenoxy) is 2. The first kappa shape index (κ1) is 15.7. The van der Waals surface area contributed by atoms with Gasteiger partial charge in [-0.05, 0) is 0 Å². The van der Waals surface area contributed by atoms with Crippen LogP contribution in [-0.2, 0) is 14.3 Å². The lowest BCUT2D eigenvalue weighted by molar-refractivity contribution is -0.126. The summed E-state index contributed by atoms with van der Waals surface area (Å²) in [7, 11) is 3.53. The van der Waals surface area contributed by atoms with Crippen molar-refractivity contribution in [1.29, 1.82) is 0 Å². The molecule has 1 amide bonds. The molecule has 0 spiro atoms. The molecular formula is C12H19NO3S2. The summed E-state index contributed by atoms with van der Waals surface area (Å²) in [5, 5.41) is 2.67. The predicted octanol–water partition coefficient (Wildman–Crippen LogP) is 1.52. The van der Waals surface area contributed by atoms with Crippen LogP contribution in [0.1, 0.15) is 13.8 Å². The summed E-state index contributed by atoms with van der Waals surface area (Å²) in [5.74, 6) is 7.09. The molecule has 1 fully saturated rings. The van der Waals surface area contributed by atoms with Gasteiger partial charge in [0.05, 0.1) is 19.8 Å². The Morgan fingerprint density at radius 2 is 2.28 bits per heavy atom. The minimum atomic E-state index is -0.137. The molecule has 1 saturated heterocycles. The van der Waals surface area contributed by atoms with Crippen molar-refractivity contribution in [2.75, 3.05) is 32.1 Å². The van der Waals surface area contributed by atoms with E-state index in [0.717, 1.165) is 5.75 Å². The molecule has 0 radical (unpaired) electrons. The van der Waals surface area contributed by atoms with Crippen molar-refractivity contribution >= 4 is 27.5 Å². The van der Waals surface area contributed by atoms with Gasteiger partial charge >= 0.3 is 0 Å². The minimum absolute atomic E-state index is 0.0687. The molecule has 6 heteroatoms. The molecule has 1 atom stereocenters. The van der Waals surface area contributed by atoms with E-state index in [1.807, 2.05) is 13.8 Å². The molecule has 0 aromatic carbocycles. The first-order valence-electron chi connectivity index (χ1n) is 5.91. The first-order valence-corrected chi connectivity index (χ1v) is 8.29. The summed E-state index contributed by atoms with van der Waals surface area (Å²) < 4.78 is 10.6. The molecule has 0 aliphatic carbocycles. The SMILES string of the molecule is CC(C)C#CCNC(=O)COCCOC1CSS1. The van der Waals surface area contributed by atoms with Gasteiger partial charge in [-0.2, -0.15) is 0 Å². The summed E-state index contributed by atoms with van der Waals surface area (Å²) in [6.45, 7) is 5.46. The topological polar surface area (TPSA) is 47.6 Å². The summed E-state index contributed by atoms with van der Waals surface area (Å²) in [5.41, 5.74) is 0.304. The van der Waals surface area contributed by atoms with Crippen LogP contribution in [0.4, 0.5) is 0 Å². The fourth-order valence-corrected chi connectivity index (χ4v) is 2.46. The van der Waals surface area contributed by atoms with Gasteiger partial charge in [0, 0.05) is 11.7 Å². The summed E-state index contributed by atoms with van der Waals surface area (Å²) in [6.07, 6.45) is 0. The largest absolute Gasteiger partial charge is 0.369 e. The minimum Gasteiger partial charge on any atom is -0.369 e. The summed E-state index contributed by atoms with van der Waals surface area (Å²) in [6, 6.07) is 0. The quantitative estimate of drug-likeness (QED) is 0.437. The third-order valence-corrected chi connectivity index (χ3v) is 4.67.